The van der Waals surface area contributed by atoms with Crippen molar-refractivity contribution in [1.82, 2.24) is 0 Å². The van der Waals surface area contributed by atoms with Gasteiger partial charge < -0.3 is 5.11 Å². The van der Waals surface area contributed by atoms with E-state index in [1.807, 2.05) is 6.08 Å². The molecule has 0 rings (SSSR count). The summed E-state index contributed by atoms with van der Waals surface area (Å²) >= 11 is 0. The number of carbonyl (C=O) groups is 1. The summed E-state index contributed by atoms with van der Waals surface area (Å²) in [7, 11) is 0. The lowest BCUT2D eigenvalue weighted by Crippen LogP contribution is -1.92. The molecule has 0 fully saturated rings. The van der Waals surface area contributed by atoms with Crippen LogP contribution < -0.4 is 0 Å². The Hall–Kier alpha value is -1.05. The lowest BCUT2D eigenvalue weighted by Gasteiger charge is -2.02. The predicted molar refractivity (Wildman–Crippen MR) is 115 cm³/mol. The van der Waals surface area contributed by atoms with E-state index < -0.39 is 5.97 Å². The van der Waals surface area contributed by atoms with Crippen LogP contribution in [0.3, 0.4) is 0 Å². The summed E-state index contributed by atoms with van der Waals surface area (Å²) in [6, 6.07) is 0. The summed E-state index contributed by atoms with van der Waals surface area (Å²) < 4.78 is 0. The highest BCUT2D eigenvalue weighted by molar-refractivity contribution is 5.66. The Morgan fingerprint density at radius 3 is 1.42 bits per heavy atom. The number of carboxylic acid groups (broad SMARTS) is 1. The molecule has 0 saturated carbocycles. The van der Waals surface area contributed by atoms with Gasteiger partial charge >= 0.3 is 5.97 Å². The van der Waals surface area contributed by atoms with E-state index in [2.05, 4.69) is 25.2 Å². The number of allylic oxidation sites excluding steroid dienone is 4. The third kappa shape index (κ3) is 22.9. The van der Waals surface area contributed by atoms with Crippen LogP contribution >= 0.6 is 0 Å². The SMILES string of the molecule is CCCCCCCCCCCCCCCCC=CC=CCCCC(=O)O. The van der Waals surface area contributed by atoms with Crippen molar-refractivity contribution in [3.05, 3.63) is 24.3 Å². The van der Waals surface area contributed by atoms with Crippen LogP contribution in [0.15, 0.2) is 24.3 Å². The number of hydrogen-bond donors (Lipinski definition) is 1. The van der Waals surface area contributed by atoms with Crippen molar-refractivity contribution < 1.29 is 9.90 Å². The fraction of sp³-hybridized carbons (Fsp3) is 0.792. The third-order valence-corrected chi connectivity index (χ3v) is 4.87. The molecule has 1 N–H and O–H groups in total. The fourth-order valence-corrected chi connectivity index (χ4v) is 3.18. The lowest BCUT2D eigenvalue weighted by molar-refractivity contribution is -0.137. The van der Waals surface area contributed by atoms with Crippen molar-refractivity contribution in [2.75, 3.05) is 0 Å². The first-order valence-corrected chi connectivity index (χ1v) is 11.3. The van der Waals surface area contributed by atoms with Crippen molar-refractivity contribution in [2.24, 2.45) is 0 Å². The molecule has 0 radical (unpaired) electrons. The molecule has 152 valence electrons. The van der Waals surface area contributed by atoms with E-state index in [0.717, 1.165) is 19.3 Å². The monoisotopic (exact) mass is 364 g/mol. The molecule has 0 amide bonds. The molecular weight excluding hydrogens is 320 g/mol. The molecule has 0 aliphatic rings. The summed E-state index contributed by atoms with van der Waals surface area (Å²) in [6.07, 6.45) is 31.2. The maximum atomic E-state index is 10.4. The van der Waals surface area contributed by atoms with Crippen molar-refractivity contribution in [1.29, 1.82) is 0 Å². The average molecular weight is 365 g/mol. The van der Waals surface area contributed by atoms with Crippen LogP contribution in [-0.4, -0.2) is 11.1 Å². The summed E-state index contributed by atoms with van der Waals surface area (Å²) in [5, 5.41) is 8.53. The van der Waals surface area contributed by atoms with E-state index in [1.165, 1.54) is 89.9 Å². The Bertz CT molecular complexity index is 344. The Balaban J connectivity index is 3.13. The Morgan fingerprint density at radius 1 is 0.615 bits per heavy atom. The van der Waals surface area contributed by atoms with Gasteiger partial charge in [0.15, 0.2) is 0 Å². The van der Waals surface area contributed by atoms with Crippen molar-refractivity contribution >= 4 is 5.97 Å². The molecule has 0 saturated heterocycles. The van der Waals surface area contributed by atoms with E-state index in [0.29, 0.717) is 0 Å². The lowest BCUT2D eigenvalue weighted by atomic mass is 10.0. The summed E-state index contributed by atoms with van der Waals surface area (Å²) in [5.41, 5.74) is 0. The molecule has 0 aromatic rings. The Kier molecular flexibility index (Phi) is 21.1. The molecular formula is C24H44O2. The van der Waals surface area contributed by atoms with Gasteiger partial charge in [-0.2, -0.15) is 0 Å². The van der Waals surface area contributed by atoms with Gasteiger partial charge in [-0.05, 0) is 25.7 Å². The molecule has 0 heterocycles. The number of hydrogen-bond acceptors (Lipinski definition) is 1. The van der Waals surface area contributed by atoms with E-state index in [1.54, 1.807) is 0 Å². The van der Waals surface area contributed by atoms with Crippen molar-refractivity contribution in [3.63, 3.8) is 0 Å². The quantitative estimate of drug-likeness (QED) is 0.174. The summed E-state index contributed by atoms with van der Waals surface area (Å²) in [6.45, 7) is 2.28. The van der Waals surface area contributed by atoms with Crippen LogP contribution in [0.25, 0.3) is 0 Å². The highest BCUT2D eigenvalue weighted by Gasteiger charge is 1.94. The van der Waals surface area contributed by atoms with Crippen molar-refractivity contribution in [3.8, 4) is 0 Å². The standard InChI is InChI=1S/C24H44O2/c1-2-3-4-5-6-7-8-9-10-11-12-13-14-15-16-17-18-19-20-21-22-23-24(25)26/h17-20H,2-16,21-23H2,1H3,(H,25,26). The summed E-state index contributed by atoms with van der Waals surface area (Å²) in [4.78, 5) is 10.4. The largest absolute Gasteiger partial charge is 0.481 e. The molecule has 0 aromatic carbocycles. The minimum atomic E-state index is -0.702. The van der Waals surface area contributed by atoms with Crippen LogP contribution in [-0.2, 0) is 4.79 Å². The van der Waals surface area contributed by atoms with Crippen LogP contribution in [0, 0.1) is 0 Å². The first kappa shape index (κ1) is 24.9. The highest BCUT2D eigenvalue weighted by Crippen LogP contribution is 2.13. The zero-order valence-corrected chi connectivity index (χ0v) is 17.4. The molecule has 0 aliphatic carbocycles. The van der Waals surface area contributed by atoms with Crippen LogP contribution in [0.1, 0.15) is 122 Å². The Labute approximate surface area is 163 Å². The number of rotatable bonds is 20. The van der Waals surface area contributed by atoms with Gasteiger partial charge in [0.2, 0.25) is 0 Å². The van der Waals surface area contributed by atoms with E-state index in [-0.39, 0.29) is 6.42 Å². The predicted octanol–water partition coefficient (Wildman–Crippen LogP) is 8.23. The first-order valence-electron chi connectivity index (χ1n) is 11.3. The molecule has 0 unspecified atom stereocenters. The van der Waals surface area contributed by atoms with Crippen LogP contribution in [0.4, 0.5) is 0 Å². The molecule has 0 aliphatic heterocycles. The molecule has 0 bridgehead atoms. The fourth-order valence-electron chi connectivity index (χ4n) is 3.18. The zero-order valence-electron chi connectivity index (χ0n) is 17.4. The second kappa shape index (κ2) is 22.0. The molecule has 0 spiro atoms. The highest BCUT2D eigenvalue weighted by atomic mass is 16.4. The van der Waals surface area contributed by atoms with Crippen LogP contribution in [0.5, 0.6) is 0 Å². The first-order chi connectivity index (χ1) is 12.8. The molecule has 0 atom stereocenters. The maximum Gasteiger partial charge on any atom is 0.303 e. The van der Waals surface area contributed by atoms with E-state index in [9.17, 15) is 4.79 Å². The topological polar surface area (TPSA) is 37.3 Å². The van der Waals surface area contributed by atoms with E-state index >= 15 is 0 Å². The minimum Gasteiger partial charge on any atom is -0.481 e. The van der Waals surface area contributed by atoms with Gasteiger partial charge in [-0.1, -0.05) is 115 Å². The number of aliphatic carboxylic acids is 1. The van der Waals surface area contributed by atoms with Crippen molar-refractivity contribution in [2.45, 2.75) is 122 Å². The average Bonchev–Trinajstić information content (AvgIpc) is 2.62. The van der Waals surface area contributed by atoms with E-state index in [4.69, 9.17) is 5.11 Å². The van der Waals surface area contributed by atoms with Crippen LogP contribution in [0.2, 0.25) is 0 Å². The second-order valence-electron chi connectivity index (χ2n) is 7.53. The molecule has 0 aromatic heterocycles. The van der Waals surface area contributed by atoms with Gasteiger partial charge in [-0.3, -0.25) is 4.79 Å². The molecule has 2 nitrogen and oxygen atoms in total. The molecule has 2 heteroatoms. The van der Waals surface area contributed by atoms with Gasteiger partial charge in [0.1, 0.15) is 0 Å². The van der Waals surface area contributed by atoms with Gasteiger partial charge in [0.05, 0.1) is 0 Å². The second-order valence-corrected chi connectivity index (χ2v) is 7.53. The number of unbranched alkanes of at least 4 members (excludes halogenated alkanes) is 15. The molecule has 26 heavy (non-hydrogen) atoms. The zero-order chi connectivity index (χ0) is 19.1. The minimum absolute atomic E-state index is 0.271. The van der Waals surface area contributed by atoms with Gasteiger partial charge in [0.25, 0.3) is 0 Å². The maximum absolute atomic E-state index is 10.4. The van der Waals surface area contributed by atoms with Gasteiger partial charge in [-0.25, -0.2) is 0 Å². The normalized spacial score (nSPS) is 11.7. The number of carboxylic acids is 1. The van der Waals surface area contributed by atoms with Gasteiger partial charge in [0, 0.05) is 6.42 Å². The Morgan fingerprint density at radius 2 is 1.00 bits per heavy atom. The van der Waals surface area contributed by atoms with Gasteiger partial charge in [-0.15, -0.1) is 0 Å². The third-order valence-electron chi connectivity index (χ3n) is 4.87. The smallest absolute Gasteiger partial charge is 0.303 e. The summed E-state index contributed by atoms with van der Waals surface area (Å²) in [5.74, 6) is -0.702.